The van der Waals surface area contributed by atoms with Crippen LogP contribution in [0.5, 0.6) is 5.75 Å². The second-order valence-electron chi connectivity index (χ2n) is 3.38. The Morgan fingerprint density at radius 1 is 1.44 bits per heavy atom. The maximum atomic E-state index is 10.5. The monoisotopic (exact) mass is 225 g/mol. The van der Waals surface area contributed by atoms with E-state index in [0.29, 0.717) is 0 Å². The van der Waals surface area contributed by atoms with Crippen molar-refractivity contribution in [3.63, 3.8) is 0 Å². The summed E-state index contributed by atoms with van der Waals surface area (Å²) in [6.07, 6.45) is -0.0816. The van der Waals surface area contributed by atoms with Gasteiger partial charge in [0.2, 0.25) is 0 Å². The molecule has 1 unspecified atom stereocenters. The number of rotatable bonds is 4. The number of phenolic OH excluding ortho intramolecular Hbond substituents is 1. The quantitative estimate of drug-likeness (QED) is 0.378. The van der Waals surface area contributed by atoms with Gasteiger partial charge in [-0.05, 0) is 5.56 Å². The van der Waals surface area contributed by atoms with Crippen LogP contribution in [0, 0.1) is 0 Å². The number of aliphatic carboxylic acids is 1. The Balaban J connectivity index is 2.97. The van der Waals surface area contributed by atoms with Gasteiger partial charge >= 0.3 is 13.1 Å². The van der Waals surface area contributed by atoms with Gasteiger partial charge in [-0.2, -0.15) is 0 Å². The van der Waals surface area contributed by atoms with Crippen LogP contribution >= 0.6 is 0 Å². The van der Waals surface area contributed by atoms with Gasteiger partial charge in [0.05, 0.1) is 0 Å². The van der Waals surface area contributed by atoms with Crippen LogP contribution in [-0.4, -0.2) is 39.4 Å². The first-order valence-electron chi connectivity index (χ1n) is 4.58. The van der Waals surface area contributed by atoms with Gasteiger partial charge in [-0.1, -0.05) is 18.2 Å². The smallest absolute Gasteiger partial charge is 0.492 e. The van der Waals surface area contributed by atoms with E-state index in [1.54, 1.807) is 0 Å². The molecule has 1 aromatic carbocycles. The highest BCUT2D eigenvalue weighted by atomic mass is 16.4. The minimum atomic E-state index is -1.80. The van der Waals surface area contributed by atoms with Crippen molar-refractivity contribution in [1.29, 1.82) is 0 Å². The van der Waals surface area contributed by atoms with Crippen molar-refractivity contribution in [1.82, 2.24) is 0 Å². The van der Waals surface area contributed by atoms with Gasteiger partial charge in [-0.25, -0.2) is 0 Å². The molecule has 7 heteroatoms. The summed E-state index contributed by atoms with van der Waals surface area (Å²) in [5, 5.41) is 36.1. The van der Waals surface area contributed by atoms with E-state index in [1.165, 1.54) is 18.2 Å². The molecule has 6 N–H and O–H groups in total. The van der Waals surface area contributed by atoms with Crippen molar-refractivity contribution in [2.75, 3.05) is 0 Å². The van der Waals surface area contributed by atoms with Crippen molar-refractivity contribution >= 4 is 18.6 Å². The fourth-order valence-electron chi connectivity index (χ4n) is 1.31. The number of carboxylic acid groups (broad SMARTS) is 1. The molecule has 0 radical (unpaired) electrons. The third-order valence-electron chi connectivity index (χ3n) is 2.19. The topological polar surface area (TPSA) is 124 Å². The molecular formula is C9H12BNO5. The number of carboxylic acids is 1. The normalized spacial score (nSPS) is 12.2. The summed E-state index contributed by atoms with van der Waals surface area (Å²) in [6, 6.07) is 3.15. The molecule has 0 spiro atoms. The van der Waals surface area contributed by atoms with Gasteiger partial charge in [0.25, 0.3) is 0 Å². The molecule has 0 aliphatic heterocycles. The molecule has 0 saturated heterocycles. The number of hydrogen-bond donors (Lipinski definition) is 5. The van der Waals surface area contributed by atoms with Gasteiger partial charge in [-0.15, -0.1) is 0 Å². The molecule has 0 saturated carbocycles. The van der Waals surface area contributed by atoms with Crippen molar-refractivity contribution in [3.05, 3.63) is 23.8 Å². The molecule has 0 aromatic heterocycles. The second kappa shape index (κ2) is 4.97. The van der Waals surface area contributed by atoms with Crippen molar-refractivity contribution < 1.29 is 25.1 Å². The van der Waals surface area contributed by atoms with Gasteiger partial charge in [-0.3, -0.25) is 4.79 Å². The zero-order valence-corrected chi connectivity index (χ0v) is 8.37. The van der Waals surface area contributed by atoms with E-state index in [1.807, 2.05) is 0 Å². The molecule has 0 fully saturated rings. The lowest BCUT2D eigenvalue weighted by Crippen LogP contribution is -2.34. The summed E-state index contributed by atoms with van der Waals surface area (Å²) in [4.78, 5) is 10.5. The van der Waals surface area contributed by atoms with Crippen molar-refractivity contribution in [2.24, 2.45) is 5.73 Å². The first kappa shape index (κ1) is 12.5. The number of hydrogen-bond acceptors (Lipinski definition) is 5. The lowest BCUT2D eigenvalue weighted by Gasteiger charge is -2.11. The van der Waals surface area contributed by atoms with E-state index < -0.39 is 19.1 Å². The van der Waals surface area contributed by atoms with Crippen molar-refractivity contribution in [3.8, 4) is 5.75 Å². The highest BCUT2D eigenvalue weighted by molar-refractivity contribution is 6.59. The Morgan fingerprint density at radius 3 is 2.56 bits per heavy atom. The number of benzene rings is 1. The van der Waals surface area contributed by atoms with Crippen LogP contribution in [0.4, 0.5) is 0 Å². The van der Waals surface area contributed by atoms with Crippen LogP contribution in [0.3, 0.4) is 0 Å². The standard InChI is InChI=1S/C9H12BNO5/c11-7(9(13)14)4-5-2-1-3-6(8(5)12)10(15)16/h1-3,7,12,15-16H,4,11H2,(H,13,14). The summed E-state index contributed by atoms with van der Waals surface area (Å²) < 4.78 is 0. The Kier molecular flexibility index (Phi) is 3.89. The summed E-state index contributed by atoms with van der Waals surface area (Å²) in [5.74, 6) is -1.52. The molecule has 1 rings (SSSR count). The van der Waals surface area contributed by atoms with Gasteiger partial charge in [0.1, 0.15) is 11.8 Å². The minimum absolute atomic E-state index is 0.0740. The maximum absolute atomic E-state index is 10.5. The van der Waals surface area contributed by atoms with Crippen LogP contribution in [-0.2, 0) is 11.2 Å². The Labute approximate surface area is 92.1 Å². The van der Waals surface area contributed by atoms with Crippen molar-refractivity contribution in [2.45, 2.75) is 12.5 Å². The lowest BCUT2D eigenvalue weighted by atomic mass is 9.78. The van der Waals surface area contributed by atoms with Crippen LogP contribution in [0.25, 0.3) is 0 Å². The van der Waals surface area contributed by atoms with E-state index >= 15 is 0 Å². The van der Waals surface area contributed by atoms with Crippen LogP contribution in [0.1, 0.15) is 5.56 Å². The summed E-state index contributed by atoms with van der Waals surface area (Å²) >= 11 is 0. The third-order valence-corrected chi connectivity index (χ3v) is 2.19. The Morgan fingerprint density at radius 2 is 2.06 bits per heavy atom. The number of nitrogens with two attached hydrogens (primary N) is 1. The molecule has 0 bridgehead atoms. The number of phenols is 1. The summed E-state index contributed by atoms with van der Waals surface area (Å²) in [5.41, 5.74) is 5.50. The SMILES string of the molecule is NC(Cc1cccc(B(O)O)c1O)C(=O)O. The molecule has 0 aliphatic carbocycles. The minimum Gasteiger partial charge on any atom is -0.508 e. The van der Waals surface area contributed by atoms with E-state index in [-0.39, 0.29) is 23.2 Å². The predicted molar refractivity (Wildman–Crippen MR) is 57.2 cm³/mol. The second-order valence-corrected chi connectivity index (χ2v) is 3.38. The molecule has 1 aromatic rings. The fourth-order valence-corrected chi connectivity index (χ4v) is 1.31. The summed E-state index contributed by atoms with van der Waals surface area (Å²) in [7, 11) is -1.80. The molecular weight excluding hydrogens is 213 g/mol. The molecule has 86 valence electrons. The first-order chi connectivity index (χ1) is 7.43. The van der Waals surface area contributed by atoms with Gasteiger partial charge < -0.3 is 26.0 Å². The molecule has 16 heavy (non-hydrogen) atoms. The predicted octanol–water partition coefficient (Wildman–Crippen LogP) is -1.97. The molecule has 0 amide bonds. The van der Waals surface area contributed by atoms with Gasteiger partial charge in [0, 0.05) is 11.9 Å². The van der Waals surface area contributed by atoms with E-state index in [9.17, 15) is 9.90 Å². The fraction of sp³-hybridized carbons (Fsp3) is 0.222. The first-order valence-corrected chi connectivity index (χ1v) is 4.58. The third kappa shape index (κ3) is 2.72. The number of para-hydroxylation sites is 1. The zero-order valence-electron chi connectivity index (χ0n) is 8.37. The van der Waals surface area contributed by atoms with E-state index in [2.05, 4.69) is 0 Å². The summed E-state index contributed by atoms with van der Waals surface area (Å²) in [6.45, 7) is 0. The average Bonchev–Trinajstić information content (AvgIpc) is 2.20. The van der Waals surface area contributed by atoms with Crippen LogP contribution in [0.2, 0.25) is 0 Å². The average molecular weight is 225 g/mol. The molecule has 6 nitrogen and oxygen atoms in total. The number of carbonyl (C=O) groups is 1. The highest BCUT2D eigenvalue weighted by Gasteiger charge is 2.20. The molecule has 0 aliphatic rings. The van der Waals surface area contributed by atoms with Gasteiger partial charge in [0.15, 0.2) is 0 Å². The van der Waals surface area contributed by atoms with E-state index in [0.717, 1.165) is 0 Å². The number of aromatic hydroxyl groups is 1. The van der Waals surface area contributed by atoms with Crippen LogP contribution < -0.4 is 11.2 Å². The highest BCUT2D eigenvalue weighted by Crippen LogP contribution is 2.15. The molecule has 1 atom stereocenters. The lowest BCUT2D eigenvalue weighted by molar-refractivity contribution is -0.138. The largest absolute Gasteiger partial charge is 0.508 e. The maximum Gasteiger partial charge on any atom is 0.492 e. The Bertz CT molecular complexity index is 395. The van der Waals surface area contributed by atoms with Crippen LogP contribution in [0.15, 0.2) is 18.2 Å². The Hall–Kier alpha value is -1.57. The molecule has 0 heterocycles. The zero-order chi connectivity index (χ0) is 12.3. The van der Waals surface area contributed by atoms with E-state index in [4.69, 9.17) is 20.9 Å².